The third-order valence-electron chi connectivity index (χ3n) is 5.18. The summed E-state index contributed by atoms with van der Waals surface area (Å²) in [5.74, 6) is 1.32. The SMILES string of the molecule is COc1ccc(N2C(=O)/C(=C\c3ccc(OCc4ccccc4[N+](=O)[O-])c(OC)c3)SC2=S)cc1. The first-order valence-electron chi connectivity index (χ1n) is 10.4. The second-order valence-electron chi connectivity index (χ2n) is 7.30. The third-order valence-corrected chi connectivity index (χ3v) is 6.48. The number of methoxy groups -OCH3 is 2. The van der Waals surface area contributed by atoms with Crippen LogP contribution in [0.15, 0.2) is 71.6 Å². The number of ether oxygens (including phenoxy) is 3. The van der Waals surface area contributed by atoms with Gasteiger partial charge in [0.1, 0.15) is 12.4 Å². The lowest BCUT2D eigenvalue weighted by Crippen LogP contribution is -2.27. The summed E-state index contributed by atoms with van der Waals surface area (Å²) in [5.41, 5.74) is 1.82. The zero-order valence-corrected chi connectivity index (χ0v) is 20.4. The number of amides is 1. The smallest absolute Gasteiger partial charge is 0.276 e. The van der Waals surface area contributed by atoms with Gasteiger partial charge < -0.3 is 14.2 Å². The van der Waals surface area contributed by atoms with E-state index in [1.54, 1.807) is 73.8 Å². The number of benzene rings is 3. The van der Waals surface area contributed by atoms with Crippen LogP contribution in [0.3, 0.4) is 0 Å². The molecule has 3 aromatic rings. The van der Waals surface area contributed by atoms with E-state index >= 15 is 0 Å². The summed E-state index contributed by atoms with van der Waals surface area (Å²) in [4.78, 5) is 25.8. The molecular weight excluding hydrogens is 488 g/mol. The Morgan fingerprint density at radius 1 is 1.03 bits per heavy atom. The minimum Gasteiger partial charge on any atom is -0.497 e. The molecule has 1 aliphatic rings. The number of thiocarbonyl (C=S) groups is 1. The van der Waals surface area contributed by atoms with Crippen molar-refractivity contribution in [1.82, 2.24) is 0 Å². The Labute approximate surface area is 211 Å². The highest BCUT2D eigenvalue weighted by molar-refractivity contribution is 8.27. The summed E-state index contributed by atoms with van der Waals surface area (Å²) in [6.45, 7) is 0.00732. The average Bonchev–Trinajstić information content (AvgIpc) is 3.15. The molecule has 0 N–H and O–H groups in total. The van der Waals surface area contributed by atoms with Crippen LogP contribution >= 0.6 is 24.0 Å². The topological polar surface area (TPSA) is 91.1 Å². The van der Waals surface area contributed by atoms with Crippen LogP contribution in [0.1, 0.15) is 11.1 Å². The second-order valence-corrected chi connectivity index (χ2v) is 8.98. The molecule has 0 saturated carbocycles. The molecule has 1 fully saturated rings. The zero-order chi connectivity index (χ0) is 24.9. The number of hydrogen-bond donors (Lipinski definition) is 0. The van der Waals surface area contributed by atoms with E-state index in [9.17, 15) is 14.9 Å². The number of rotatable bonds is 8. The lowest BCUT2D eigenvalue weighted by molar-refractivity contribution is -0.385. The van der Waals surface area contributed by atoms with Crippen LogP contribution in [0, 0.1) is 10.1 Å². The van der Waals surface area contributed by atoms with Crippen molar-refractivity contribution in [3.63, 3.8) is 0 Å². The molecule has 0 radical (unpaired) electrons. The highest BCUT2D eigenvalue weighted by Gasteiger charge is 2.33. The van der Waals surface area contributed by atoms with Gasteiger partial charge in [-0.2, -0.15) is 0 Å². The van der Waals surface area contributed by atoms with E-state index in [1.807, 2.05) is 0 Å². The number of hydrogen-bond acceptors (Lipinski definition) is 8. The van der Waals surface area contributed by atoms with Gasteiger partial charge >= 0.3 is 0 Å². The first-order chi connectivity index (χ1) is 16.9. The van der Waals surface area contributed by atoms with Crippen molar-refractivity contribution >= 4 is 51.7 Å². The van der Waals surface area contributed by atoms with Crippen molar-refractivity contribution in [2.75, 3.05) is 19.1 Å². The molecular formula is C25H20N2O6S2. The van der Waals surface area contributed by atoms with E-state index in [-0.39, 0.29) is 18.2 Å². The van der Waals surface area contributed by atoms with Crippen LogP contribution in [0.25, 0.3) is 6.08 Å². The molecule has 8 nitrogen and oxygen atoms in total. The normalized spacial score (nSPS) is 14.3. The molecule has 0 bridgehead atoms. The molecule has 1 heterocycles. The van der Waals surface area contributed by atoms with Crippen molar-refractivity contribution in [3.05, 3.63) is 92.9 Å². The third kappa shape index (κ3) is 5.28. The van der Waals surface area contributed by atoms with Gasteiger partial charge in [0, 0.05) is 6.07 Å². The second kappa shape index (κ2) is 10.6. The van der Waals surface area contributed by atoms with Crippen molar-refractivity contribution in [3.8, 4) is 17.2 Å². The molecule has 0 spiro atoms. The first kappa shape index (κ1) is 24.2. The summed E-state index contributed by atoms with van der Waals surface area (Å²) < 4.78 is 16.9. The predicted octanol–water partition coefficient (Wildman–Crippen LogP) is 5.60. The van der Waals surface area contributed by atoms with Crippen molar-refractivity contribution in [1.29, 1.82) is 0 Å². The Hall–Kier alpha value is -3.89. The highest BCUT2D eigenvalue weighted by Crippen LogP contribution is 2.38. The number of carbonyl (C=O) groups is 1. The molecule has 1 saturated heterocycles. The zero-order valence-electron chi connectivity index (χ0n) is 18.8. The number of nitrogens with zero attached hydrogens (tertiary/aromatic N) is 2. The van der Waals surface area contributed by atoms with Gasteiger partial charge in [0.05, 0.1) is 35.3 Å². The van der Waals surface area contributed by atoms with Crippen LogP contribution in [-0.2, 0) is 11.4 Å². The molecule has 4 rings (SSSR count). The first-order valence-corrected chi connectivity index (χ1v) is 11.6. The quantitative estimate of drug-likeness (QED) is 0.168. The van der Waals surface area contributed by atoms with E-state index in [1.165, 1.54) is 29.8 Å². The minimum absolute atomic E-state index is 0.00732. The highest BCUT2D eigenvalue weighted by atomic mass is 32.2. The molecule has 1 aliphatic heterocycles. The summed E-state index contributed by atoms with van der Waals surface area (Å²) in [6.07, 6.45) is 1.73. The summed E-state index contributed by atoms with van der Waals surface area (Å²) in [5, 5.41) is 11.2. The van der Waals surface area contributed by atoms with Gasteiger partial charge in [0.15, 0.2) is 15.8 Å². The van der Waals surface area contributed by atoms with E-state index in [4.69, 9.17) is 26.4 Å². The maximum Gasteiger partial charge on any atom is 0.276 e. The molecule has 1 amide bonds. The fourth-order valence-electron chi connectivity index (χ4n) is 3.43. The standard InChI is InChI=1S/C25H20N2O6S2/c1-31-19-10-8-18(9-11-19)26-24(28)23(35-25(26)34)14-16-7-12-21(22(13-16)32-2)33-15-17-5-3-4-6-20(17)27(29)30/h3-14H,15H2,1-2H3/b23-14+. The van der Waals surface area contributed by atoms with Gasteiger partial charge in [0.25, 0.3) is 11.6 Å². The molecule has 0 unspecified atom stereocenters. The fourth-order valence-corrected chi connectivity index (χ4v) is 4.73. The number of anilines is 1. The summed E-state index contributed by atoms with van der Waals surface area (Å²) >= 11 is 6.65. The minimum atomic E-state index is -0.443. The Morgan fingerprint density at radius 2 is 1.77 bits per heavy atom. The molecule has 10 heteroatoms. The molecule has 0 aliphatic carbocycles. The molecule has 178 valence electrons. The molecule has 35 heavy (non-hydrogen) atoms. The summed E-state index contributed by atoms with van der Waals surface area (Å²) in [6, 6.07) is 18.7. The van der Waals surface area contributed by atoms with E-state index in [0.29, 0.717) is 37.7 Å². The van der Waals surface area contributed by atoms with E-state index in [2.05, 4.69) is 0 Å². The summed E-state index contributed by atoms with van der Waals surface area (Å²) in [7, 11) is 3.08. The number of nitro benzene ring substituents is 1. The maximum absolute atomic E-state index is 13.0. The Kier molecular flexibility index (Phi) is 7.33. The Morgan fingerprint density at radius 3 is 2.46 bits per heavy atom. The van der Waals surface area contributed by atoms with Crippen molar-refractivity contribution in [2.45, 2.75) is 6.61 Å². The van der Waals surface area contributed by atoms with Crippen LogP contribution in [-0.4, -0.2) is 29.4 Å². The van der Waals surface area contributed by atoms with Crippen LogP contribution in [0.5, 0.6) is 17.2 Å². The predicted molar refractivity (Wildman–Crippen MR) is 139 cm³/mol. The number of carbonyl (C=O) groups excluding carboxylic acids is 1. The number of para-hydroxylation sites is 1. The molecule has 0 aromatic heterocycles. The largest absolute Gasteiger partial charge is 0.497 e. The van der Waals surface area contributed by atoms with Gasteiger partial charge in [-0.15, -0.1) is 0 Å². The van der Waals surface area contributed by atoms with Gasteiger partial charge in [-0.1, -0.05) is 42.2 Å². The van der Waals surface area contributed by atoms with Crippen LogP contribution < -0.4 is 19.1 Å². The monoisotopic (exact) mass is 508 g/mol. The maximum atomic E-state index is 13.0. The van der Waals surface area contributed by atoms with Gasteiger partial charge in [-0.25, -0.2) is 0 Å². The Balaban J connectivity index is 1.53. The van der Waals surface area contributed by atoms with Crippen LogP contribution in [0.4, 0.5) is 11.4 Å². The lowest BCUT2D eigenvalue weighted by Gasteiger charge is -2.14. The number of thioether (sulfide) groups is 1. The molecule has 0 atom stereocenters. The van der Waals surface area contributed by atoms with E-state index < -0.39 is 4.92 Å². The van der Waals surface area contributed by atoms with Gasteiger partial charge in [-0.05, 0) is 54.1 Å². The molecule has 3 aromatic carbocycles. The number of nitro groups is 1. The van der Waals surface area contributed by atoms with Gasteiger partial charge in [0.2, 0.25) is 0 Å². The fraction of sp³-hybridized carbons (Fsp3) is 0.120. The van der Waals surface area contributed by atoms with Gasteiger partial charge in [-0.3, -0.25) is 19.8 Å². The lowest BCUT2D eigenvalue weighted by atomic mass is 10.1. The van der Waals surface area contributed by atoms with Crippen molar-refractivity contribution < 1.29 is 23.9 Å². The Bertz CT molecular complexity index is 1320. The average molecular weight is 509 g/mol. The van der Waals surface area contributed by atoms with Crippen molar-refractivity contribution in [2.24, 2.45) is 0 Å². The van der Waals surface area contributed by atoms with E-state index in [0.717, 1.165) is 5.56 Å². The van der Waals surface area contributed by atoms with Crippen LogP contribution in [0.2, 0.25) is 0 Å².